The van der Waals surface area contributed by atoms with E-state index in [0.717, 1.165) is 44.6 Å². The fraction of sp³-hybridized carbons (Fsp3) is 0.909. The fourth-order valence-electron chi connectivity index (χ4n) is 2.08. The lowest BCUT2D eigenvalue weighted by Gasteiger charge is -2.25. The topological polar surface area (TPSA) is 26.3 Å². The Kier molecular flexibility index (Phi) is 4.43. The molecule has 2 nitrogen and oxygen atoms in total. The average Bonchev–Trinajstić information content (AvgIpc) is 2.11. The van der Waals surface area contributed by atoms with E-state index in [9.17, 15) is 4.79 Å². The summed E-state index contributed by atoms with van der Waals surface area (Å²) in [6, 6.07) is 0. The van der Waals surface area contributed by atoms with Crippen LogP contribution in [0.1, 0.15) is 39.0 Å². The number of ketones is 1. The van der Waals surface area contributed by atoms with Crippen molar-refractivity contribution in [3.05, 3.63) is 0 Å². The van der Waals surface area contributed by atoms with Gasteiger partial charge in [-0.05, 0) is 31.6 Å². The SMILES string of the molecule is COCCCC1CC(C)CCC1=O. The van der Waals surface area contributed by atoms with Crippen molar-refractivity contribution in [3.8, 4) is 0 Å². The third kappa shape index (κ3) is 3.47. The number of ether oxygens (including phenoxy) is 1. The minimum absolute atomic E-state index is 0.332. The molecule has 2 unspecified atom stereocenters. The van der Waals surface area contributed by atoms with Crippen LogP contribution in [0, 0.1) is 11.8 Å². The number of hydrogen-bond donors (Lipinski definition) is 0. The highest BCUT2D eigenvalue weighted by Crippen LogP contribution is 2.28. The zero-order valence-electron chi connectivity index (χ0n) is 8.71. The van der Waals surface area contributed by atoms with E-state index in [0.29, 0.717) is 11.7 Å². The second-order valence-corrected chi connectivity index (χ2v) is 4.18. The maximum atomic E-state index is 11.5. The van der Waals surface area contributed by atoms with Gasteiger partial charge >= 0.3 is 0 Å². The summed E-state index contributed by atoms with van der Waals surface area (Å²) in [7, 11) is 1.71. The summed E-state index contributed by atoms with van der Waals surface area (Å²) in [5.41, 5.74) is 0. The molecule has 1 aliphatic carbocycles. The maximum Gasteiger partial charge on any atom is 0.135 e. The molecule has 13 heavy (non-hydrogen) atoms. The van der Waals surface area contributed by atoms with Gasteiger partial charge in [-0.15, -0.1) is 0 Å². The van der Waals surface area contributed by atoms with Gasteiger partial charge in [-0.3, -0.25) is 4.79 Å². The first-order valence-electron chi connectivity index (χ1n) is 5.25. The van der Waals surface area contributed by atoms with Crippen LogP contribution in [0.5, 0.6) is 0 Å². The molecule has 0 aromatic heterocycles. The highest BCUT2D eigenvalue weighted by atomic mass is 16.5. The third-order valence-electron chi connectivity index (χ3n) is 2.93. The highest BCUT2D eigenvalue weighted by molar-refractivity contribution is 5.81. The third-order valence-corrected chi connectivity index (χ3v) is 2.93. The smallest absolute Gasteiger partial charge is 0.135 e. The largest absolute Gasteiger partial charge is 0.385 e. The molecule has 0 amide bonds. The van der Waals surface area contributed by atoms with Gasteiger partial charge in [0.25, 0.3) is 0 Å². The predicted molar refractivity (Wildman–Crippen MR) is 52.6 cm³/mol. The van der Waals surface area contributed by atoms with Crippen molar-refractivity contribution < 1.29 is 9.53 Å². The monoisotopic (exact) mass is 184 g/mol. The Morgan fingerprint density at radius 2 is 2.31 bits per heavy atom. The van der Waals surface area contributed by atoms with Gasteiger partial charge in [-0.25, -0.2) is 0 Å². The molecular formula is C11H20O2. The van der Waals surface area contributed by atoms with Gasteiger partial charge in [0, 0.05) is 26.1 Å². The Hall–Kier alpha value is -0.370. The standard InChI is InChI=1S/C11H20O2/c1-9-5-6-11(12)10(8-9)4-3-7-13-2/h9-10H,3-8H2,1-2H3. The quantitative estimate of drug-likeness (QED) is 0.627. The van der Waals surface area contributed by atoms with Crippen molar-refractivity contribution in [2.75, 3.05) is 13.7 Å². The van der Waals surface area contributed by atoms with Crippen molar-refractivity contribution in [1.82, 2.24) is 0 Å². The van der Waals surface area contributed by atoms with E-state index in [1.807, 2.05) is 0 Å². The molecule has 2 atom stereocenters. The molecule has 1 rings (SSSR count). The normalized spacial score (nSPS) is 29.2. The molecule has 0 aromatic rings. The lowest BCUT2D eigenvalue weighted by atomic mass is 9.79. The number of hydrogen-bond acceptors (Lipinski definition) is 2. The zero-order valence-corrected chi connectivity index (χ0v) is 8.71. The van der Waals surface area contributed by atoms with Crippen molar-refractivity contribution in [2.45, 2.75) is 39.0 Å². The summed E-state index contributed by atoms with van der Waals surface area (Å²) in [5.74, 6) is 1.55. The van der Waals surface area contributed by atoms with Gasteiger partial charge in [0.1, 0.15) is 5.78 Å². The van der Waals surface area contributed by atoms with Crippen molar-refractivity contribution in [1.29, 1.82) is 0 Å². The van der Waals surface area contributed by atoms with Crippen molar-refractivity contribution >= 4 is 5.78 Å². The Bertz CT molecular complexity index is 165. The van der Waals surface area contributed by atoms with Crippen LogP contribution in [0.2, 0.25) is 0 Å². The first kappa shape index (κ1) is 10.7. The summed E-state index contributed by atoms with van der Waals surface area (Å²) in [6.07, 6.45) is 5.05. The van der Waals surface area contributed by atoms with Gasteiger partial charge in [0.2, 0.25) is 0 Å². The molecule has 0 spiro atoms. The molecule has 0 aromatic carbocycles. The fourth-order valence-corrected chi connectivity index (χ4v) is 2.08. The number of methoxy groups -OCH3 is 1. The van der Waals surface area contributed by atoms with E-state index >= 15 is 0 Å². The van der Waals surface area contributed by atoms with Crippen LogP contribution in [0.3, 0.4) is 0 Å². The first-order chi connectivity index (χ1) is 6.24. The summed E-state index contributed by atoms with van der Waals surface area (Å²) in [5, 5.41) is 0. The second-order valence-electron chi connectivity index (χ2n) is 4.18. The van der Waals surface area contributed by atoms with E-state index in [2.05, 4.69) is 6.92 Å². The Morgan fingerprint density at radius 1 is 1.54 bits per heavy atom. The lowest BCUT2D eigenvalue weighted by molar-refractivity contribution is -0.125. The highest BCUT2D eigenvalue weighted by Gasteiger charge is 2.25. The van der Waals surface area contributed by atoms with Crippen LogP contribution in [-0.4, -0.2) is 19.5 Å². The van der Waals surface area contributed by atoms with Crippen LogP contribution in [0.25, 0.3) is 0 Å². The van der Waals surface area contributed by atoms with Crippen molar-refractivity contribution in [2.24, 2.45) is 11.8 Å². The van der Waals surface area contributed by atoms with Crippen LogP contribution in [0.15, 0.2) is 0 Å². The predicted octanol–water partition coefficient (Wildman–Crippen LogP) is 2.42. The maximum absolute atomic E-state index is 11.5. The molecule has 1 saturated carbocycles. The average molecular weight is 184 g/mol. The van der Waals surface area contributed by atoms with Gasteiger partial charge in [-0.2, -0.15) is 0 Å². The first-order valence-corrected chi connectivity index (χ1v) is 5.25. The molecular weight excluding hydrogens is 164 g/mol. The molecule has 0 saturated heterocycles. The van der Waals surface area contributed by atoms with Crippen LogP contribution in [-0.2, 0) is 9.53 Å². The van der Waals surface area contributed by atoms with E-state index in [1.54, 1.807) is 7.11 Å². The molecule has 76 valence electrons. The summed E-state index contributed by atoms with van der Waals surface area (Å²) in [6.45, 7) is 3.04. The molecule has 0 N–H and O–H groups in total. The van der Waals surface area contributed by atoms with E-state index < -0.39 is 0 Å². The van der Waals surface area contributed by atoms with Crippen LogP contribution < -0.4 is 0 Å². The number of carbonyl (C=O) groups excluding carboxylic acids is 1. The Balaban J connectivity index is 2.25. The van der Waals surface area contributed by atoms with Crippen molar-refractivity contribution in [3.63, 3.8) is 0 Å². The van der Waals surface area contributed by atoms with Crippen LogP contribution in [0.4, 0.5) is 0 Å². The molecule has 2 heteroatoms. The van der Waals surface area contributed by atoms with E-state index in [-0.39, 0.29) is 0 Å². The molecule has 1 fully saturated rings. The lowest BCUT2D eigenvalue weighted by Crippen LogP contribution is -2.23. The van der Waals surface area contributed by atoms with Crippen LogP contribution >= 0.6 is 0 Å². The minimum atomic E-state index is 0.332. The molecule has 0 radical (unpaired) electrons. The Morgan fingerprint density at radius 3 is 3.00 bits per heavy atom. The van der Waals surface area contributed by atoms with E-state index in [1.165, 1.54) is 0 Å². The molecule has 1 aliphatic rings. The summed E-state index contributed by atoms with van der Waals surface area (Å²) in [4.78, 5) is 11.5. The second kappa shape index (κ2) is 5.38. The molecule has 0 heterocycles. The van der Waals surface area contributed by atoms with E-state index in [4.69, 9.17) is 4.74 Å². The number of Topliss-reactive ketones (excluding diaryl/α,β-unsaturated/α-hetero) is 1. The van der Waals surface area contributed by atoms with Gasteiger partial charge in [-0.1, -0.05) is 6.92 Å². The summed E-state index contributed by atoms with van der Waals surface area (Å²) < 4.78 is 4.98. The number of carbonyl (C=O) groups is 1. The molecule has 0 bridgehead atoms. The minimum Gasteiger partial charge on any atom is -0.385 e. The van der Waals surface area contributed by atoms with Gasteiger partial charge < -0.3 is 4.74 Å². The molecule has 0 aliphatic heterocycles. The summed E-state index contributed by atoms with van der Waals surface area (Å²) >= 11 is 0. The van der Waals surface area contributed by atoms with Gasteiger partial charge in [0.05, 0.1) is 0 Å². The van der Waals surface area contributed by atoms with Gasteiger partial charge in [0.15, 0.2) is 0 Å². The number of rotatable bonds is 4. The zero-order chi connectivity index (χ0) is 9.68. The Labute approximate surface area is 80.7 Å².